The number of piperidine rings is 1. The van der Waals surface area contributed by atoms with Gasteiger partial charge >= 0.3 is 6.18 Å². The molecule has 3 heterocycles. The number of aryl methyl sites for hydroxylation is 2. The van der Waals surface area contributed by atoms with E-state index in [4.69, 9.17) is 14.6 Å². The Morgan fingerprint density at radius 3 is 2.46 bits per heavy atom. The molecular weight excluding hydrogens is 545 g/mol. The average Bonchev–Trinajstić information content (AvgIpc) is 3.24. The second-order valence-electron chi connectivity index (χ2n) is 9.88. The molecule has 1 aliphatic rings. The van der Waals surface area contributed by atoms with Gasteiger partial charge in [0.05, 0.1) is 19.2 Å². The lowest BCUT2D eigenvalue weighted by Gasteiger charge is -2.32. The Bertz CT molecular complexity index is 1490. The highest BCUT2D eigenvalue weighted by Crippen LogP contribution is 2.33. The highest BCUT2D eigenvalue weighted by Gasteiger charge is 2.34. The number of benzene rings is 1. The number of nitrogens with one attached hydrogen (secondary N) is 1. The normalized spacial score (nSPS) is 14.4. The topological polar surface area (TPSA) is 115 Å². The monoisotopic (exact) mass is 578 g/mol. The Morgan fingerprint density at radius 2 is 1.85 bits per heavy atom. The summed E-state index contributed by atoms with van der Waals surface area (Å²) < 4.78 is 53.3. The van der Waals surface area contributed by atoms with E-state index in [1.165, 1.54) is 28.2 Å². The Kier molecular flexibility index (Phi) is 8.95. The first-order valence-electron chi connectivity index (χ1n) is 13.2. The average molecular weight is 579 g/mol. The third-order valence-corrected chi connectivity index (χ3v) is 7.30. The van der Waals surface area contributed by atoms with Crippen LogP contribution in [0.4, 0.5) is 13.2 Å². The summed E-state index contributed by atoms with van der Waals surface area (Å²) in [5.41, 5.74) is 0.794. The minimum atomic E-state index is -4.71. The van der Waals surface area contributed by atoms with Crippen molar-refractivity contribution in [2.75, 3.05) is 33.4 Å². The summed E-state index contributed by atoms with van der Waals surface area (Å²) in [5, 5.41) is 11.8. The van der Waals surface area contributed by atoms with Crippen molar-refractivity contribution in [1.29, 1.82) is 0 Å². The molecular formula is C28H33F3N4O6. The molecule has 0 bridgehead atoms. The van der Waals surface area contributed by atoms with Gasteiger partial charge in [-0.25, -0.2) is 0 Å². The van der Waals surface area contributed by atoms with Crippen LogP contribution in [0.25, 0.3) is 10.9 Å². The van der Waals surface area contributed by atoms with Crippen molar-refractivity contribution in [2.45, 2.75) is 44.9 Å². The third kappa shape index (κ3) is 6.34. The third-order valence-electron chi connectivity index (χ3n) is 7.30. The molecule has 0 saturated carbocycles. The molecule has 0 aliphatic carbocycles. The van der Waals surface area contributed by atoms with E-state index in [1.807, 2.05) is 6.92 Å². The maximum atomic E-state index is 13.9. The molecule has 0 spiro atoms. The number of rotatable bonds is 9. The van der Waals surface area contributed by atoms with Crippen LogP contribution in [0.2, 0.25) is 0 Å². The Hall–Kier alpha value is -4.00. The fraction of sp³-hybridized carbons (Fsp3) is 0.464. The Labute approximate surface area is 234 Å². The lowest BCUT2D eigenvalue weighted by molar-refractivity contribution is -0.153. The van der Waals surface area contributed by atoms with Gasteiger partial charge in [-0.3, -0.25) is 14.4 Å². The number of alkyl halides is 3. The highest BCUT2D eigenvalue weighted by molar-refractivity contribution is 6.04. The van der Waals surface area contributed by atoms with Crippen LogP contribution in [0.5, 0.6) is 11.5 Å². The van der Waals surface area contributed by atoms with Gasteiger partial charge in [-0.05, 0) is 31.4 Å². The first-order chi connectivity index (χ1) is 19.5. The molecule has 222 valence electrons. The van der Waals surface area contributed by atoms with Crippen molar-refractivity contribution < 1.29 is 37.3 Å². The maximum Gasteiger partial charge on any atom is 0.422 e. The summed E-state index contributed by atoms with van der Waals surface area (Å²) in [4.78, 5) is 40.7. The number of ether oxygens (including phenoxy) is 2. The second-order valence-corrected chi connectivity index (χ2v) is 9.88. The smallest absolute Gasteiger partial charge is 0.422 e. The number of nitrogens with zero attached hydrogens (tertiary/aromatic N) is 3. The van der Waals surface area contributed by atoms with Crippen LogP contribution < -0.4 is 20.3 Å². The van der Waals surface area contributed by atoms with Crippen LogP contribution in [-0.2, 0) is 24.8 Å². The zero-order valence-corrected chi connectivity index (χ0v) is 23.1. The SMILES string of the molecule is CCc1cc2c(c(OCC(F)(F)F)c(C(=O)NC3CCN(C(=O)CO)CC3)n2C)c(=O)n1Cc1ccccc1OC. The number of methoxy groups -OCH3 is 1. The minimum absolute atomic E-state index is 0.0994. The van der Waals surface area contributed by atoms with Crippen molar-refractivity contribution in [1.82, 2.24) is 19.4 Å². The summed E-state index contributed by atoms with van der Waals surface area (Å²) in [6, 6.07) is 8.43. The van der Waals surface area contributed by atoms with E-state index < -0.39 is 42.5 Å². The number of aromatic nitrogens is 2. The molecule has 1 aromatic carbocycles. The molecule has 0 unspecified atom stereocenters. The molecule has 0 atom stereocenters. The summed E-state index contributed by atoms with van der Waals surface area (Å²) in [5.74, 6) is -0.995. The molecule has 10 nitrogen and oxygen atoms in total. The molecule has 1 aliphatic heterocycles. The number of likely N-dealkylation sites (tertiary alicyclic amines) is 1. The van der Waals surface area contributed by atoms with Crippen molar-refractivity contribution in [2.24, 2.45) is 7.05 Å². The number of fused-ring (bicyclic) bond motifs is 1. The number of hydrogen-bond donors (Lipinski definition) is 2. The summed E-state index contributed by atoms with van der Waals surface area (Å²) in [7, 11) is 3.01. The fourth-order valence-corrected chi connectivity index (χ4v) is 5.20. The van der Waals surface area contributed by atoms with Crippen LogP contribution in [0.3, 0.4) is 0 Å². The number of amides is 2. The maximum absolute atomic E-state index is 13.9. The van der Waals surface area contributed by atoms with Crippen molar-refractivity contribution in [3.8, 4) is 11.5 Å². The largest absolute Gasteiger partial charge is 0.496 e. The molecule has 2 aromatic heterocycles. The van der Waals surface area contributed by atoms with Gasteiger partial charge in [-0.1, -0.05) is 25.1 Å². The van der Waals surface area contributed by atoms with E-state index in [2.05, 4.69) is 5.32 Å². The van der Waals surface area contributed by atoms with Crippen molar-refractivity contribution in [3.63, 3.8) is 0 Å². The molecule has 2 N–H and O–H groups in total. The van der Waals surface area contributed by atoms with E-state index >= 15 is 0 Å². The molecule has 1 saturated heterocycles. The van der Waals surface area contributed by atoms with Gasteiger partial charge in [0, 0.05) is 37.4 Å². The predicted molar refractivity (Wildman–Crippen MR) is 144 cm³/mol. The zero-order valence-electron chi connectivity index (χ0n) is 23.1. The Morgan fingerprint density at radius 1 is 1.17 bits per heavy atom. The molecule has 4 rings (SSSR count). The van der Waals surface area contributed by atoms with Crippen LogP contribution in [0.1, 0.15) is 41.5 Å². The van der Waals surface area contributed by atoms with Crippen LogP contribution in [0, 0.1) is 0 Å². The Balaban J connectivity index is 1.77. The lowest BCUT2D eigenvalue weighted by atomic mass is 10.0. The number of carbonyl (C=O) groups is 2. The van der Waals surface area contributed by atoms with Gasteiger partial charge in [0.2, 0.25) is 5.91 Å². The predicted octanol–water partition coefficient (Wildman–Crippen LogP) is 2.61. The van der Waals surface area contributed by atoms with Gasteiger partial charge in [0.25, 0.3) is 11.5 Å². The minimum Gasteiger partial charge on any atom is -0.496 e. The number of hydrogen-bond acceptors (Lipinski definition) is 6. The number of aliphatic hydroxyl groups excluding tert-OH is 1. The molecule has 41 heavy (non-hydrogen) atoms. The second kappa shape index (κ2) is 12.2. The zero-order chi connectivity index (χ0) is 29.9. The molecule has 2 amide bonds. The number of pyridine rings is 1. The van der Waals surface area contributed by atoms with Gasteiger partial charge < -0.3 is 33.9 Å². The fourth-order valence-electron chi connectivity index (χ4n) is 5.20. The first kappa shape index (κ1) is 30.0. The van der Waals surface area contributed by atoms with E-state index in [0.717, 1.165) is 0 Å². The van der Waals surface area contributed by atoms with Crippen molar-refractivity contribution in [3.05, 3.63) is 57.6 Å². The standard InChI is InChI=1S/C28H33F3N4O6/c1-4-19-13-20-23(27(39)35(19)14-17-7-5-6-8-21(17)40-3)25(41-16-28(29,30)31)24(33(20)2)26(38)32-18-9-11-34(12-10-18)22(37)15-36/h5-8,13,18,36H,4,9-12,14-16H2,1-3H3,(H,32,38). The summed E-state index contributed by atoms with van der Waals surface area (Å²) in [6.07, 6.45) is -3.48. The van der Waals surface area contributed by atoms with Crippen LogP contribution in [0.15, 0.2) is 35.1 Å². The molecule has 0 radical (unpaired) electrons. The lowest BCUT2D eigenvalue weighted by Crippen LogP contribution is -2.47. The van der Waals surface area contributed by atoms with Gasteiger partial charge in [-0.2, -0.15) is 13.2 Å². The van der Waals surface area contributed by atoms with E-state index in [-0.39, 0.29) is 29.2 Å². The molecule has 1 fully saturated rings. The highest BCUT2D eigenvalue weighted by atomic mass is 19.4. The number of halogens is 3. The van der Waals surface area contributed by atoms with Gasteiger partial charge in [0.15, 0.2) is 18.1 Å². The van der Waals surface area contributed by atoms with E-state index in [0.29, 0.717) is 49.4 Å². The van der Waals surface area contributed by atoms with Crippen molar-refractivity contribution >= 4 is 22.7 Å². The quantitative estimate of drug-likeness (QED) is 0.404. The van der Waals surface area contributed by atoms with Gasteiger partial charge in [0.1, 0.15) is 17.7 Å². The number of para-hydroxylation sites is 1. The van der Waals surface area contributed by atoms with Gasteiger partial charge in [-0.15, -0.1) is 0 Å². The van der Waals surface area contributed by atoms with Crippen LogP contribution >= 0.6 is 0 Å². The van der Waals surface area contributed by atoms with E-state index in [9.17, 15) is 27.6 Å². The number of carbonyl (C=O) groups excluding carboxylic acids is 2. The number of aliphatic hydroxyl groups is 1. The molecule has 3 aromatic rings. The first-order valence-corrected chi connectivity index (χ1v) is 13.2. The van der Waals surface area contributed by atoms with E-state index in [1.54, 1.807) is 30.3 Å². The summed E-state index contributed by atoms with van der Waals surface area (Å²) >= 11 is 0. The van der Waals surface area contributed by atoms with Crippen LogP contribution in [-0.4, -0.2) is 76.6 Å². The summed E-state index contributed by atoms with van der Waals surface area (Å²) in [6.45, 7) is 0.276. The molecule has 13 heteroatoms.